The topological polar surface area (TPSA) is 40.9 Å². The van der Waals surface area contributed by atoms with E-state index < -0.39 is 10.8 Å². The number of benzene rings is 1. The molecule has 0 aromatic heterocycles. The van der Waals surface area contributed by atoms with Gasteiger partial charge in [0.15, 0.2) is 0 Å². The molecule has 1 aromatic carbocycles. The quantitative estimate of drug-likeness (QED) is 0.791. The molecular weight excluding hydrogens is 261 g/mol. The molecule has 0 bridgehead atoms. The number of rotatable bonds is 6. The Labute approximate surface area is 117 Å². The molecule has 0 aliphatic rings. The lowest BCUT2D eigenvalue weighted by molar-refractivity contribution is 0.446. The zero-order chi connectivity index (χ0) is 14.5. The average Bonchev–Trinajstić information content (AvgIpc) is 2.38. The Morgan fingerprint density at radius 1 is 1.37 bits per heavy atom. The summed E-state index contributed by atoms with van der Waals surface area (Å²) in [6.45, 7) is 5.66. The van der Waals surface area contributed by atoms with E-state index in [1.54, 1.807) is 12.1 Å². The minimum Gasteiger partial charge on any atom is -0.259 e. The summed E-state index contributed by atoms with van der Waals surface area (Å²) >= 11 is 0. The summed E-state index contributed by atoms with van der Waals surface area (Å²) in [5.41, 5.74) is 0.530. The fraction of sp³-hybridized carbons (Fsp3) is 0.533. The summed E-state index contributed by atoms with van der Waals surface area (Å²) in [6.07, 6.45) is 1.50. The van der Waals surface area contributed by atoms with Crippen molar-refractivity contribution in [2.75, 3.05) is 5.75 Å². The largest absolute Gasteiger partial charge is 0.259 e. The lowest BCUT2D eigenvalue weighted by atomic mass is 9.90. The molecule has 0 N–H and O–H groups in total. The van der Waals surface area contributed by atoms with Crippen LogP contribution in [0.5, 0.6) is 0 Å². The van der Waals surface area contributed by atoms with Crippen LogP contribution < -0.4 is 0 Å². The van der Waals surface area contributed by atoms with Gasteiger partial charge in [-0.2, -0.15) is 5.26 Å². The Bertz CT molecular complexity index is 476. The van der Waals surface area contributed by atoms with Gasteiger partial charge in [-0.1, -0.05) is 12.1 Å². The minimum absolute atomic E-state index is 0.106. The van der Waals surface area contributed by atoms with Crippen molar-refractivity contribution in [3.8, 4) is 6.07 Å². The minimum atomic E-state index is -0.991. The predicted molar refractivity (Wildman–Crippen MR) is 76.5 cm³/mol. The summed E-state index contributed by atoms with van der Waals surface area (Å²) in [6, 6.07) is 8.38. The molecule has 0 fully saturated rings. The molecule has 0 radical (unpaired) electrons. The van der Waals surface area contributed by atoms with E-state index in [1.807, 2.05) is 20.8 Å². The molecule has 104 valence electrons. The third-order valence-electron chi connectivity index (χ3n) is 3.18. The molecule has 0 spiro atoms. The summed E-state index contributed by atoms with van der Waals surface area (Å²) in [7, 11) is -0.991. The molecule has 0 saturated heterocycles. The molecule has 0 amide bonds. The molecule has 1 aromatic rings. The zero-order valence-corrected chi connectivity index (χ0v) is 12.5. The summed E-state index contributed by atoms with van der Waals surface area (Å²) < 4.78 is 25.0. The van der Waals surface area contributed by atoms with Crippen LogP contribution in [0, 0.1) is 22.6 Å². The average molecular weight is 281 g/mol. The molecule has 0 unspecified atom stereocenters. The summed E-state index contributed by atoms with van der Waals surface area (Å²) in [4.78, 5) is 0. The SMILES string of the molecule is C[C@H](c1ccc(F)cc1)[S@](=O)CCCC(C)(C)C#N. The monoisotopic (exact) mass is 281 g/mol. The van der Waals surface area contributed by atoms with Crippen molar-refractivity contribution in [2.45, 2.75) is 38.9 Å². The van der Waals surface area contributed by atoms with Crippen molar-refractivity contribution >= 4 is 10.8 Å². The number of hydrogen-bond donors (Lipinski definition) is 0. The van der Waals surface area contributed by atoms with Crippen LogP contribution in [0.4, 0.5) is 4.39 Å². The lowest BCUT2D eigenvalue weighted by Crippen LogP contribution is -2.12. The van der Waals surface area contributed by atoms with Crippen LogP contribution >= 0.6 is 0 Å². The molecule has 1 rings (SSSR count). The van der Waals surface area contributed by atoms with Crippen LogP contribution in [-0.2, 0) is 10.8 Å². The summed E-state index contributed by atoms with van der Waals surface area (Å²) in [5, 5.41) is 8.81. The van der Waals surface area contributed by atoms with Crippen LogP contribution in [0.3, 0.4) is 0 Å². The van der Waals surface area contributed by atoms with Gasteiger partial charge in [0.1, 0.15) is 5.82 Å². The molecule has 0 aliphatic carbocycles. The Kier molecular flexibility index (Phi) is 5.68. The molecule has 2 atom stereocenters. The van der Waals surface area contributed by atoms with Gasteiger partial charge in [0.05, 0.1) is 16.7 Å². The van der Waals surface area contributed by atoms with E-state index in [0.29, 0.717) is 5.75 Å². The Hall–Kier alpha value is -1.21. The van der Waals surface area contributed by atoms with Gasteiger partial charge in [0.25, 0.3) is 0 Å². The molecule has 0 saturated carbocycles. The second-order valence-corrected chi connectivity index (χ2v) is 7.25. The van der Waals surface area contributed by atoms with Crippen LogP contribution in [0.15, 0.2) is 24.3 Å². The van der Waals surface area contributed by atoms with Gasteiger partial charge in [-0.05, 0) is 51.3 Å². The van der Waals surface area contributed by atoms with Gasteiger partial charge in [0.2, 0.25) is 0 Å². The first-order chi connectivity index (χ1) is 8.85. The van der Waals surface area contributed by atoms with Crippen LogP contribution in [0.2, 0.25) is 0 Å². The third-order valence-corrected chi connectivity index (χ3v) is 4.94. The maximum Gasteiger partial charge on any atom is 0.123 e. The van der Waals surface area contributed by atoms with Crippen molar-refractivity contribution < 1.29 is 8.60 Å². The Balaban J connectivity index is 2.50. The molecule has 0 aliphatic heterocycles. The van der Waals surface area contributed by atoms with Crippen LogP contribution in [-0.4, -0.2) is 9.96 Å². The van der Waals surface area contributed by atoms with Gasteiger partial charge < -0.3 is 0 Å². The first-order valence-corrected chi connectivity index (χ1v) is 7.78. The normalized spacial score (nSPS) is 14.7. The Morgan fingerprint density at radius 2 is 1.95 bits per heavy atom. The van der Waals surface area contributed by atoms with E-state index >= 15 is 0 Å². The molecule has 4 heteroatoms. The third kappa shape index (κ3) is 5.12. The second kappa shape index (κ2) is 6.81. The van der Waals surface area contributed by atoms with E-state index in [0.717, 1.165) is 18.4 Å². The number of nitriles is 1. The molecule has 0 heterocycles. The maximum absolute atomic E-state index is 12.8. The van der Waals surface area contributed by atoms with E-state index in [-0.39, 0.29) is 16.5 Å². The second-order valence-electron chi connectivity index (χ2n) is 5.38. The lowest BCUT2D eigenvalue weighted by Gasteiger charge is -2.16. The highest BCUT2D eigenvalue weighted by atomic mass is 32.2. The van der Waals surface area contributed by atoms with Crippen molar-refractivity contribution in [3.63, 3.8) is 0 Å². The van der Waals surface area contributed by atoms with Crippen LogP contribution in [0.25, 0.3) is 0 Å². The predicted octanol–water partition coefficient (Wildman–Crippen LogP) is 3.97. The van der Waals surface area contributed by atoms with Gasteiger partial charge in [-0.3, -0.25) is 4.21 Å². The van der Waals surface area contributed by atoms with E-state index in [9.17, 15) is 8.60 Å². The number of halogens is 1. The molecular formula is C15H20FNOS. The van der Waals surface area contributed by atoms with Crippen molar-refractivity contribution in [3.05, 3.63) is 35.6 Å². The van der Waals surface area contributed by atoms with Gasteiger partial charge >= 0.3 is 0 Å². The summed E-state index contributed by atoms with van der Waals surface area (Å²) in [5.74, 6) is 0.293. The zero-order valence-electron chi connectivity index (χ0n) is 11.6. The highest BCUT2D eigenvalue weighted by Crippen LogP contribution is 2.24. The first-order valence-electron chi connectivity index (χ1n) is 6.39. The Morgan fingerprint density at radius 3 is 2.47 bits per heavy atom. The van der Waals surface area contributed by atoms with E-state index in [2.05, 4.69) is 6.07 Å². The van der Waals surface area contributed by atoms with Crippen molar-refractivity contribution in [1.29, 1.82) is 5.26 Å². The van der Waals surface area contributed by atoms with Crippen LogP contribution in [0.1, 0.15) is 44.4 Å². The van der Waals surface area contributed by atoms with Gasteiger partial charge in [-0.15, -0.1) is 0 Å². The fourth-order valence-corrected chi connectivity index (χ4v) is 3.02. The highest BCUT2D eigenvalue weighted by Gasteiger charge is 2.18. The fourth-order valence-electron chi connectivity index (χ4n) is 1.77. The van der Waals surface area contributed by atoms with Crippen molar-refractivity contribution in [2.24, 2.45) is 5.41 Å². The van der Waals surface area contributed by atoms with E-state index in [1.165, 1.54) is 12.1 Å². The van der Waals surface area contributed by atoms with E-state index in [4.69, 9.17) is 5.26 Å². The smallest absolute Gasteiger partial charge is 0.123 e. The maximum atomic E-state index is 12.8. The number of nitrogens with zero attached hydrogens (tertiary/aromatic N) is 1. The van der Waals surface area contributed by atoms with Crippen molar-refractivity contribution in [1.82, 2.24) is 0 Å². The highest BCUT2D eigenvalue weighted by molar-refractivity contribution is 7.85. The molecule has 19 heavy (non-hydrogen) atoms. The first kappa shape index (κ1) is 15.8. The standard InChI is InChI=1S/C15H20FNOS/c1-12(13-5-7-14(16)8-6-13)19(18)10-4-9-15(2,3)11-17/h5-8,12H,4,9-10H2,1-3H3/t12-,19-/m1/s1. The number of hydrogen-bond acceptors (Lipinski definition) is 2. The van der Waals surface area contributed by atoms with Gasteiger partial charge in [0, 0.05) is 16.6 Å². The van der Waals surface area contributed by atoms with Gasteiger partial charge in [-0.25, -0.2) is 4.39 Å². The molecule has 2 nitrogen and oxygen atoms in total.